The molecule has 2 rings (SSSR count). The van der Waals surface area contributed by atoms with Crippen molar-refractivity contribution in [2.24, 2.45) is 11.7 Å². The number of halogens is 12. The SMILES string of the molecule is NC(=O)C1C=CC=CC1(F)c1c(Cl)cc(C(F)(C(F)(F)F)C(F)(F)C(F)(F)F)cc1Cl. The summed E-state index contributed by atoms with van der Waals surface area (Å²) in [7, 11) is 0. The van der Waals surface area contributed by atoms with E-state index in [9.17, 15) is 44.3 Å². The molecule has 14 heteroatoms. The number of hydrogen-bond donors (Lipinski definition) is 1. The van der Waals surface area contributed by atoms with E-state index in [1.807, 2.05) is 0 Å². The molecule has 1 aromatic rings. The first-order chi connectivity index (χ1) is 13.8. The van der Waals surface area contributed by atoms with Gasteiger partial charge in [-0.25, -0.2) is 8.78 Å². The minimum atomic E-state index is -6.97. The van der Waals surface area contributed by atoms with E-state index in [0.717, 1.165) is 12.2 Å². The summed E-state index contributed by atoms with van der Waals surface area (Å²) < 4.78 is 135. The number of amides is 1. The lowest BCUT2D eigenvalue weighted by atomic mass is 9.78. The van der Waals surface area contributed by atoms with Gasteiger partial charge in [-0.15, -0.1) is 0 Å². The van der Waals surface area contributed by atoms with Gasteiger partial charge in [-0.2, -0.15) is 35.1 Å². The lowest BCUT2D eigenvalue weighted by Gasteiger charge is -2.37. The second-order valence-electron chi connectivity index (χ2n) is 6.44. The van der Waals surface area contributed by atoms with Crippen LogP contribution in [0.25, 0.3) is 0 Å². The largest absolute Gasteiger partial charge is 0.457 e. The summed E-state index contributed by atoms with van der Waals surface area (Å²) in [4.78, 5) is 11.5. The summed E-state index contributed by atoms with van der Waals surface area (Å²) in [5.74, 6) is -10.1. The van der Waals surface area contributed by atoms with E-state index in [1.165, 1.54) is 6.08 Å². The molecule has 2 N–H and O–H groups in total. The Kier molecular flexibility index (Phi) is 6.19. The third-order valence-corrected chi connectivity index (χ3v) is 5.11. The molecule has 3 atom stereocenters. The maximum absolute atomic E-state index is 15.6. The third kappa shape index (κ3) is 3.77. The molecule has 0 saturated heterocycles. The van der Waals surface area contributed by atoms with Gasteiger partial charge in [0.2, 0.25) is 5.91 Å². The van der Waals surface area contributed by atoms with Gasteiger partial charge in [-0.05, 0) is 18.2 Å². The van der Waals surface area contributed by atoms with E-state index in [-0.39, 0.29) is 12.1 Å². The minimum Gasteiger partial charge on any atom is -0.369 e. The van der Waals surface area contributed by atoms with Crippen molar-refractivity contribution in [1.29, 1.82) is 0 Å². The van der Waals surface area contributed by atoms with Crippen LogP contribution >= 0.6 is 23.2 Å². The van der Waals surface area contributed by atoms with Crippen LogP contribution in [0.15, 0.2) is 36.4 Å². The van der Waals surface area contributed by atoms with Gasteiger partial charge in [-0.1, -0.05) is 41.4 Å². The molecule has 172 valence electrons. The summed E-state index contributed by atoms with van der Waals surface area (Å²) in [5.41, 5.74) is -7.59. The van der Waals surface area contributed by atoms with Crippen molar-refractivity contribution in [3.05, 3.63) is 57.6 Å². The second kappa shape index (κ2) is 7.58. The normalized spacial score (nSPS) is 24.2. The fraction of sp³-hybridized carbons (Fsp3) is 0.353. The van der Waals surface area contributed by atoms with E-state index in [0.29, 0.717) is 6.08 Å². The predicted octanol–water partition coefficient (Wildman–Crippen LogP) is 6.31. The Morgan fingerprint density at radius 2 is 1.39 bits per heavy atom. The summed E-state index contributed by atoms with van der Waals surface area (Å²) >= 11 is 11.3. The van der Waals surface area contributed by atoms with Crippen molar-refractivity contribution in [3.8, 4) is 0 Å². The van der Waals surface area contributed by atoms with Gasteiger partial charge in [0.05, 0.1) is 5.92 Å². The van der Waals surface area contributed by atoms with Crippen LogP contribution in [0.2, 0.25) is 10.0 Å². The standard InChI is InChI=1S/C17H9Cl2F10NO/c18-9-5-7(14(21,16(24,25)26)15(22,23)17(27,28)29)6-10(19)11(9)13(20)4-2-1-3-8(13)12(30)31/h1-6,8H,(H2,30,31). The molecule has 0 radical (unpaired) electrons. The van der Waals surface area contributed by atoms with Gasteiger partial charge < -0.3 is 5.73 Å². The summed E-state index contributed by atoms with van der Waals surface area (Å²) in [6, 6.07) is -0.525. The molecular formula is C17H9Cl2F10NO. The fourth-order valence-corrected chi connectivity index (χ4v) is 3.79. The molecule has 0 saturated carbocycles. The first-order valence-electron chi connectivity index (χ1n) is 7.86. The van der Waals surface area contributed by atoms with E-state index < -0.39 is 62.6 Å². The highest BCUT2D eigenvalue weighted by molar-refractivity contribution is 6.36. The van der Waals surface area contributed by atoms with Crippen molar-refractivity contribution < 1.29 is 48.7 Å². The molecule has 0 aromatic heterocycles. The zero-order valence-electron chi connectivity index (χ0n) is 14.6. The van der Waals surface area contributed by atoms with Crippen LogP contribution in [0.3, 0.4) is 0 Å². The number of rotatable bonds is 4. The topological polar surface area (TPSA) is 43.1 Å². The van der Waals surface area contributed by atoms with Crippen LogP contribution in [0.1, 0.15) is 11.1 Å². The van der Waals surface area contributed by atoms with Crippen molar-refractivity contribution in [2.75, 3.05) is 0 Å². The van der Waals surface area contributed by atoms with Crippen LogP contribution in [-0.2, 0) is 16.1 Å². The van der Waals surface area contributed by atoms with E-state index in [1.54, 1.807) is 0 Å². The summed E-state index contributed by atoms with van der Waals surface area (Å²) in [6.07, 6.45) is -9.99. The van der Waals surface area contributed by atoms with Crippen LogP contribution < -0.4 is 5.73 Å². The molecule has 0 fully saturated rings. The molecule has 0 aliphatic heterocycles. The van der Waals surface area contributed by atoms with Gasteiger partial charge in [-0.3, -0.25) is 4.79 Å². The molecule has 0 heterocycles. The van der Waals surface area contributed by atoms with E-state index in [4.69, 9.17) is 28.9 Å². The Morgan fingerprint density at radius 3 is 1.77 bits per heavy atom. The van der Waals surface area contributed by atoms with Crippen molar-refractivity contribution >= 4 is 29.1 Å². The predicted molar refractivity (Wildman–Crippen MR) is 90.1 cm³/mol. The highest BCUT2D eigenvalue weighted by Crippen LogP contribution is 2.59. The summed E-state index contributed by atoms with van der Waals surface area (Å²) in [5, 5.41) is -2.50. The number of hydrogen-bond acceptors (Lipinski definition) is 1. The quantitative estimate of drug-likeness (QED) is 0.480. The first kappa shape index (κ1) is 25.3. The number of benzene rings is 1. The number of allylic oxidation sites excluding steroid dienone is 3. The van der Waals surface area contributed by atoms with Gasteiger partial charge >= 0.3 is 23.9 Å². The second-order valence-corrected chi connectivity index (χ2v) is 7.25. The Morgan fingerprint density at radius 1 is 0.903 bits per heavy atom. The van der Waals surface area contributed by atoms with E-state index >= 15 is 4.39 Å². The minimum absolute atomic E-state index is 0.262. The molecule has 31 heavy (non-hydrogen) atoms. The smallest absolute Gasteiger partial charge is 0.369 e. The van der Waals surface area contributed by atoms with Crippen LogP contribution in [0.4, 0.5) is 43.9 Å². The molecule has 1 aliphatic rings. The Balaban J connectivity index is 2.81. The number of carbonyl (C=O) groups is 1. The van der Waals surface area contributed by atoms with Crippen molar-refractivity contribution in [2.45, 2.75) is 29.6 Å². The molecule has 1 aromatic carbocycles. The monoisotopic (exact) mass is 503 g/mol. The zero-order chi connectivity index (χ0) is 24.2. The lowest BCUT2D eigenvalue weighted by molar-refractivity contribution is -0.389. The van der Waals surface area contributed by atoms with Crippen molar-refractivity contribution in [3.63, 3.8) is 0 Å². The van der Waals surface area contributed by atoms with E-state index in [2.05, 4.69) is 0 Å². The molecule has 1 amide bonds. The van der Waals surface area contributed by atoms with Crippen molar-refractivity contribution in [1.82, 2.24) is 0 Å². The lowest BCUT2D eigenvalue weighted by Crippen LogP contribution is -2.59. The number of primary amides is 1. The maximum Gasteiger partial charge on any atom is 0.457 e. The fourth-order valence-electron chi connectivity index (χ4n) is 3.01. The molecule has 2 nitrogen and oxygen atoms in total. The van der Waals surface area contributed by atoms with Crippen LogP contribution in [-0.4, -0.2) is 24.2 Å². The Bertz CT molecular complexity index is 932. The third-order valence-electron chi connectivity index (χ3n) is 4.51. The molecule has 0 bridgehead atoms. The highest BCUT2D eigenvalue weighted by Gasteiger charge is 2.81. The number of carbonyl (C=O) groups excluding carboxylic acids is 1. The van der Waals surface area contributed by atoms with Crippen LogP contribution in [0.5, 0.6) is 0 Å². The average Bonchev–Trinajstić information content (AvgIpc) is 2.58. The van der Waals surface area contributed by atoms with Gasteiger partial charge in [0, 0.05) is 21.2 Å². The first-order valence-corrected chi connectivity index (χ1v) is 8.62. The average molecular weight is 504 g/mol. The Labute approximate surface area is 177 Å². The van der Waals surface area contributed by atoms with Gasteiger partial charge in [0.1, 0.15) is 0 Å². The molecule has 1 aliphatic carbocycles. The van der Waals surface area contributed by atoms with Crippen LogP contribution in [0, 0.1) is 5.92 Å². The number of nitrogens with two attached hydrogens (primary N) is 1. The molecular weight excluding hydrogens is 495 g/mol. The molecule has 3 unspecified atom stereocenters. The highest BCUT2D eigenvalue weighted by atomic mass is 35.5. The zero-order valence-corrected chi connectivity index (χ0v) is 16.1. The summed E-state index contributed by atoms with van der Waals surface area (Å²) in [6.45, 7) is 0. The van der Waals surface area contributed by atoms with Gasteiger partial charge in [0.25, 0.3) is 0 Å². The van der Waals surface area contributed by atoms with Gasteiger partial charge in [0.15, 0.2) is 5.67 Å². The maximum atomic E-state index is 15.6. The number of alkyl halides is 10. The molecule has 0 spiro atoms. The Hall–Kier alpha value is -1.95.